The van der Waals surface area contributed by atoms with Gasteiger partial charge in [-0.2, -0.15) is 0 Å². The number of hydrogen-bond donors (Lipinski definition) is 1. The molecule has 3 aliphatic carbocycles. The highest BCUT2D eigenvalue weighted by molar-refractivity contribution is 5.70. The van der Waals surface area contributed by atoms with Gasteiger partial charge in [0, 0.05) is 18.3 Å². The summed E-state index contributed by atoms with van der Waals surface area (Å²) in [6.45, 7) is 8.90. The van der Waals surface area contributed by atoms with Gasteiger partial charge in [-0.1, -0.05) is 58.0 Å². The molecule has 2 aromatic rings. The SMILES string of the molecule is C[C@H]1c2ccoc2C[C@H]2[C@H]1CC[C@@]1(O)C(C)(C)CC[C@H](OC(=O)CCc3ccccc3)[C@]21C. The van der Waals surface area contributed by atoms with E-state index in [0.717, 1.165) is 43.4 Å². The Bertz CT molecular complexity index is 1010. The minimum Gasteiger partial charge on any atom is -0.469 e. The third-order valence-electron chi connectivity index (χ3n) is 9.89. The minimum absolute atomic E-state index is 0.156. The van der Waals surface area contributed by atoms with Gasteiger partial charge in [0.25, 0.3) is 0 Å². The van der Waals surface area contributed by atoms with Crippen LogP contribution in [0.5, 0.6) is 0 Å². The van der Waals surface area contributed by atoms with E-state index in [9.17, 15) is 9.90 Å². The number of fused-ring (bicyclic) bond motifs is 4. The summed E-state index contributed by atoms with van der Waals surface area (Å²) in [7, 11) is 0. The van der Waals surface area contributed by atoms with Gasteiger partial charge in [-0.25, -0.2) is 0 Å². The zero-order chi connectivity index (χ0) is 23.4. The number of furan rings is 1. The molecule has 3 aliphatic rings. The van der Waals surface area contributed by atoms with E-state index in [4.69, 9.17) is 9.15 Å². The molecule has 33 heavy (non-hydrogen) atoms. The van der Waals surface area contributed by atoms with E-state index in [-0.39, 0.29) is 23.4 Å². The molecular formula is C29H38O4. The highest BCUT2D eigenvalue weighted by Gasteiger charge is 2.69. The predicted octanol–water partition coefficient (Wildman–Crippen LogP) is 6.07. The van der Waals surface area contributed by atoms with Gasteiger partial charge in [-0.3, -0.25) is 4.79 Å². The third-order valence-corrected chi connectivity index (χ3v) is 9.89. The maximum atomic E-state index is 13.0. The van der Waals surface area contributed by atoms with Crippen LogP contribution in [0.3, 0.4) is 0 Å². The maximum absolute atomic E-state index is 13.0. The van der Waals surface area contributed by atoms with Crippen LogP contribution in [-0.2, 0) is 22.4 Å². The molecule has 0 radical (unpaired) electrons. The van der Waals surface area contributed by atoms with Crippen LogP contribution in [0.1, 0.15) is 82.6 Å². The zero-order valence-electron chi connectivity index (χ0n) is 20.5. The number of ether oxygens (including phenoxy) is 1. The highest BCUT2D eigenvalue weighted by atomic mass is 16.5. The van der Waals surface area contributed by atoms with Gasteiger partial charge in [0.05, 0.1) is 11.9 Å². The Hall–Kier alpha value is -2.07. The molecule has 0 spiro atoms. The maximum Gasteiger partial charge on any atom is 0.306 e. The first kappa shape index (κ1) is 22.7. The lowest BCUT2D eigenvalue weighted by molar-refractivity contribution is -0.280. The van der Waals surface area contributed by atoms with E-state index in [1.165, 1.54) is 5.56 Å². The summed E-state index contributed by atoms with van der Waals surface area (Å²) < 4.78 is 12.2. The molecule has 0 unspecified atom stereocenters. The van der Waals surface area contributed by atoms with E-state index in [1.54, 1.807) is 6.26 Å². The first-order chi connectivity index (χ1) is 15.7. The first-order valence-corrected chi connectivity index (χ1v) is 12.7. The van der Waals surface area contributed by atoms with Gasteiger partial charge in [0.2, 0.25) is 0 Å². The van der Waals surface area contributed by atoms with E-state index < -0.39 is 11.0 Å². The Labute approximate surface area is 197 Å². The standard InChI is InChI=1S/C29H38O4/c1-19-21-12-16-29(31)27(2,3)15-13-25(33-26(30)11-10-20-8-6-5-7-9-20)28(29,4)23(21)18-24-22(19)14-17-32-24/h5-9,14,17,19,21,23,25,31H,10-13,15-16,18H2,1-4H3/t19-,21+,23+,25+,28+,29-/m1/s1. The molecule has 4 heteroatoms. The second kappa shape index (κ2) is 8.01. The molecule has 1 N–H and O–H groups in total. The number of aliphatic hydroxyl groups is 1. The minimum atomic E-state index is -0.881. The Morgan fingerprint density at radius 1 is 1.12 bits per heavy atom. The fraction of sp³-hybridized carbons (Fsp3) is 0.621. The van der Waals surface area contributed by atoms with Gasteiger partial charge in [-0.15, -0.1) is 0 Å². The molecule has 0 amide bonds. The van der Waals surface area contributed by atoms with Crippen molar-refractivity contribution in [3.8, 4) is 0 Å². The normalized spacial score (nSPS) is 36.9. The fourth-order valence-electron chi connectivity index (χ4n) is 7.77. The second-order valence-electron chi connectivity index (χ2n) is 11.6. The topological polar surface area (TPSA) is 59.7 Å². The van der Waals surface area contributed by atoms with Crippen molar-refractivity contribution in [2.45, 2.75) is 90.3 Å². The molecular weight excluding hydrogens is 412 g/mol. The van der Waals surface area contributed by atoms with Crippen molar-refractivity contribution in [2.24, 2.45) is 22.7 Å². The fourth-order valence-corrected chi connectivity index (χ4v) is 7.77. The molecule has 5 rings (SSSR count). The summed E-state index contributed by atoms with van der Waals surface area (Å²) in [5.41, 5.74) is 0.835. The van der Waals surface area contributed by atoms with Gasteiger partial charge < -0.3 is 14.3 Å². The summed E-state index contributed by atoms with van der Waals surface area (Å²) in [5.74, 6) is 1.96. The Morgan fingerprint density at radius 2 is 1.88 bits per heavy atom. The van der Waals surface area contributed by atoms with Crippen LogP contribution in [-0.4, -0.2) is 22.8 Å². The Morgan fingerprint density at radius 3 is 2.64 bits per heavy atom. The smallest absolute Gasteiger partial charge is 0.306 e. The Balaban J connectivity index is 1.44. The van der Waals surface area contributed by atoms with E-state index in [1.807, 2.05) is 30.3 Å². The summed E-state index contributed by atoms with van der Waals surface area (Å²) in [5, 5.41) is 12.4. The summed E-state index contributed by atoms with van der Waals surface area (Å²) in [4.78, 5) is 13.0. The average Bonchev–Trinajstić information content (AvgIpc) is 3.27. The number of carbonyl (C=O) groups is 1. The molecule has 2 saturated carbocycles. The predicted molar refractivity (Wildman–Crippen MR) is 128 cm³/mol. The van der Waals surface area contributed by atoms with Gasteiger partial charge >= 0.3 is 5.97 Å². The van der Waals surface area contributed by atoms with Crippen molar-refractivity contribution < 1.29 is 19.1 Å². The van der Waals surface area contributed by atoms with Gasteiger partial charge in [0.1, 0.15) is 11.9 Å². The largest absolute Gasteiger partial charge is 0.469 e. The molecule has 0 aliphatic heterocycles. The molecule has 1 aromatic carbocycles. The van der Waals surface area contributed by atoms with Crippen LogP contribution in [0.2, 0.25) is 0 Å². The molecule has 4 nitrogen and oxygen atoms in total. The number of esters is 1. The van der Waals surface area contributed by atoms with E-state index in [0.29, 0.717) is 24.7 Å². The van der Waals surface area contributed by atoms with Crippen LogP contribution in [0, 0.1) is 22.7 Å². The summed E-state index contributed by atoms with van der Waals surface area (Å²) >= 11 is 0. The highest BCUT2D eigenvalue weighted by Crippen LogP contribution is 2.67. The van der Waals surface area contributed by atoms with Crippen molar-refractivity contribution in [1.82, 2.24) is 0 Å². The van der Waals surface area contributed by atoms with Crippen molar-refractivity contribution in [2.75, 3.05) is 0 Å². The lowest BCUT2D eigenvalue weighted by Crippen LogP contribution is -2.71. The van der Waals surface area contributed by atoms with Crippen LogP contribution in [0.25, 0.3) is 0 Å². The zero-order valence-corrected chi connectivity index (χ0v) is 20.5. The molecule has 1 aromatic heterocycles. The molecule has 0 saturated heterocycles. The van der Waals surface area contributed by atoms with Crippen LogP contribution in [0.15, 0.2) is 47.1 Å². The summed E-state index contributed by atoms with van der Waals surface area (Å²) in [6, 6.07) is 12.2. The lowest BCUT2D eigenvalue weighted by atomic mass is 9.40. The molecule has 0 bridgehead atoms. The number of rotatable bonds is 4. The Kier molecular flexibility index (Phi) is 5.51. The molecule has 178 valence electrons. The van der Waals surface area contributed by atoms with Gasteiger partial charge in [-0.05, 0) is 72.5 Å². The molecule has 6 atom stereocenters. The van der Waals surface area contributed by atoms with E-state index in [2.05, 4.69) is 33.8 Å². The lowest BCUT2D eigenvalue weighted by Gasteiger charge is -2.67. The van der Waals surface area contributed by atoms with Crippen LogP contribution >= 0.6 is 0 Å². The van der Waals surface area contributed by atoms with Crippen molar-refractivity contribution in [3.63, 3.8) is 0 Å². The summed E-state index contributed by atoms with van der Waals surface area (Å²) in [6.07, 6.45) is 6.79. The van der Waals surface area contributed by atoms with Crippen molar-refractivity contribution >= 4 is 5.97 Å². The second-order valence-corrected chi connectivity index (χ2v) is 11.6. The molecule has 1 heterocycles. The number of benzene rings is 1. The number of carbonyl (C=O) groups excluding carboxylic acids is 1. The monoisotopic (exact) mass is 450 g/mol. The van der Waals surface area contributed by atoms with E-state index >= 15 is 0 Å². The number of hydrogen-bond acceptors (Lipinski definition) is 4. The quantitative estimate of drug-likeness (QED) is 0.575. The first-order valence-electron chi connectivity index (χ1n) is 12.7. The van der Waals surface area contributed by atoms with Crippen LogP contribution in [0.4, 0.5) is 0 Å². The van der Waals surface area contributed by atoms with Crippen molar-refractivity contribution in [3.05, 3.63) is 59.5 Å². The van der Waals surface area contributed by atoms with Gasteiger partial charge in [0.15, 0.2) is 0 Å². The van der Waals surface area contributed by atoms with Crippen LogP contribution < -0.4 is 0 Å². The van der Waals surface area contributed by atoms with Crippen molar-refractivity contribution in [1.29, 1.82) is 0 Å². The average molecular weight is 451 g/mol. The molecule has 2 fully saturated rings. The number of aryl methyl sites for hydroxylation is 1. The third kappa shape index (κ3) is 3.39.